The van der Waals surface area contributed by atoms with Crippen molar-refractivity contribution in [2.45, 2.75) is 72.3 Å². The zero-order valence-electron chi connectivity index (χ0n) is 28.1. The molecule has 250 valence electrons. The molecular formula is C39H41ClN2O6. The molecule has 3 aromatic carbocycles. The number of methoxy groups -OCH3 is 1. The molecular weight excluding hydrogens is 628 g/mol. The molecule has 48 heavy (non-hydrogen) atoms. The number of non-ortho nitro benzene ring substituents is 1. The molecule has 0 aromatic heterocycles. The zero-order valence-corrected chi connectivity index (χ0v) is 28.9. The summed E-state index contributed by atoms with van der Waals surface area (Å²) in [6, 6.07) is 20.1. The summed E-state index contributed by atoms with van der Waals surface area (Å²) in [6.45, 7) is 9.22. The lowest BCUT2D eigenvalue weighted by atomic mass is 9.63. The second-order valence-electron chi connectivity index (χ2n) is 14.7. The second kappa shape index (κ2) is 12.9. The summed E-state index contributed by atoms with van der Waals surface area (Å²) in [4.78, 5) is 41.6. The zero-order chi connectivity index (χ0) is 34.4. The number of allylic oxidation sites excluding steroid dienone is 4. The molecule has 9 heteroatoms. The van der Waals surface area contributed by atoms with Crippen molar-refractivity contribution in [3.63, 3.8) is 0 Å². The number of nitrogens with zero attached hydrogens (tertiary/aromatic N) is 2. The summed E-state index contributed by atoms with van der Waals surface area (Å²) in [6.07, 6.45) is 2.96. The van der Waals surface area contributed by atoms with Gasteiger partial charge in [0.1, 0.15) is 6.61 Å². The van der Waals surface area contributed by atoms with Gasteiger partial charge in [-0.3, -0.25) is 19.7 Å². The van der Waals surface area contributed by atoms with Gasteiger partial charge in [-0.05, 0) is 58.9 Å². The maximum Gasteiger partial charge on any atom is 0.269 e. The summed E-state index contributed by atoms with van der Waals surface area (Å²) in [5, 5.41) is 11.5. The third kappa shape index (κ3) is 6.63. The lowest BCUT2D eigenvalue weighted by molar-refractivity contribution is -0.384. The average molecular weight is 669 g/mol. The number of nitro groups is 1. The fourth-order valence-corrected chi connectivity index (χ4v) is 7.77. The Labute approximate surface area is 286 Å². The maximum absolute atomic E-state index is 14.2. The molecule has 1 heterocycles. The van der Waals surface area contributed by atoms with Crippen LogP contribution in [0.4, 0.5) is 5.69 Å². The standard InChI is InChI=1S/C39H41ClN2O6/c1-38(2)19-29-35(31(43)21-38)34(36-30(20-39(3,4)22-32(36)44)41(29)15-14-24-10-7-6-8-11-24)26-17-28(40)37(33(18-26)47-5)48-23-25-12-9-13-27(16-25)42(45)46/h6-13,16-18,34H,14-15,19-23H2,1-5H3. The normalized spacial score (nSPS) is 18.8. The maximum atomic E-state index is 14.2. The molecule has 0 bridgehead atoms. The Bertz CT molecular complexity index is 1810. The van der Waals surface area contributed by atoms with Crippen molar-refractivity contribution >= 4 is 28.9 Å². The second-order valence-corrected chi connectivity index (χ2v) is 15.1. The van der Waals surface area contributed by atoms with Gasteiger partial charge in [-0.2, -0.15) is 0 Å². The SMILES string of the molecule is COc1cc(C2C3=C(CC(C)(C)CC3=O)N(CCc3ccccc3)C3=C2C(=O)CC(C)(C)C3)cc(Cl)c1OCc1cccc([N+](=O)[O-])c1. The number of carbonyl (C=O) groups is 2. The highest BCUT2D eigenvalue weighted by Gasteiger charge is 2.49. The van der Waals surface area contributed by atoms with E-state index in [9.17, 15) is 19.7 Å². The van der Waals surface area contributed by atoms with Crippen molar-refractivity contribution in [1.82, 2.24) is 4.90 Å². The fraction of sp³-hybridized carbons (Fsp3) is 0.385. The number of hydrogen-bond acceptors (Lipinski definition) is 7. The minimum absolute atomic E-state index is 0.0304. The van der Waals surface area contributed by atoms with E-state index in [0.29, 0.717) is 60.3 Å². The minimum Gasteiger partial charge on any atom is -0.493 e. The van der Waals surface area contributed by atoms with Crippen molar-refractivity contribution in [2.75, 3.05) is 13.7 Å². The predicted octanol–water partition coefficient (Wildman–Crippen LogP) is 8.76. The Balaban J connectivity index is 1.45. The van der Waals surface area contributed by atoms with Crippen LogP contribution in [0, 0.1) is 20.9 Å². The minimum atomic E-state index is -0.590. The van der Waals surface area contributed by atoms with Crippen LogP contribution in [0.5, 0.6) is 11.5 Å². The molecule has 0 atom stereocenters. The molecule has 0 saturated carbocycles. The number of ketones is 2. The first-order chi connectivity index (χ1) is 22.8. The van der Waals surface area contributed by atoms with Gasteiger partial charge in [0.05, 0.1) is 17.1 Å². The smallest absolute Gasteiger partial charge is 0.269 e. The Morgan fingerprint density at radius 1 is 0.854 bits per heavy atom. The van der Waals surface area contributed by atoms with Gasteiger partial charge in [-0.25, -0.2) is 0 Å². The van der Waals surface area contributed by atoms with Gasteiger partial charge in [0.15, 0.2) is 23.1 Å². The van der Waals surface area contributed by atoms with Crippen molar-refractivity contribution in [3.8, 4) is 11.5 Å². The van der Waals surface area contributed by atoms with E-state index in [-0.39, 0.29) is 45.5 Å². The molecule has 0 fully saturated rings. The molecule has 3 aromatic rings. The van der Waals surface area contributed by atoms with Gasteiger partial charge in [-0.1, -0.05) is 81.8 Å². The number of ether oxygens (including phenoxy) is 2. The Hall–Kier alpha value is -4.43. The summed E-state index contributed by atoms with van der Waals surface area (Å²) in [7, 11) is 1.51. The largest absolute Gasteiger partial charge is 0.493 e. The van der Waals surface area contributed by atoms with Crippen molar-refractivity contribution < 1.29 is 24.0 Å². The van der Waals surface area contributed by atoms with Crippen LogP contribution >= 0.6 is 11.6 Å². The van der Waals surface area contributed by atoms with Crippen molar-refractivity contribution in [3.05, 3.63) is 121 Å². The van der Waals surface area contributed by atoms with Gasteiger partial charge in [-0.15, -0.1) is 0 Å². The highest BCUT2D eigenvalue weighted by Crippen LogP contribution is 2.55. The quantitative estimate of drug-likeness (QED) is 0.166. The summed E-state index contributed by atoms with van der Waals surface area (Å²) >= 11 is 6.91. The van der Waals surface area contributed by atoms with Gasteiger partial charge in [0.25, 0.3) is 5.69 Å². The first-order valence-corrected chi connectivity index (χ1v) is 16.7. The van der Waals surface area contributed by atoms with Crippen LogP contribution in [-0.4, -0.2) is 35.0 Å². The summed E-state index contributed by atoms with van der Waals surface area (Å²) < 4.78 is 11.9. The first-order valence-electron chi connectivity index (χ1n) is 16.3. The van der Waals surface area contributed by atoms with E-state index in [1.54, 1.807) is 18.2 Å². The van der Waals surface area contributed by atoms with Crippen molar-refractivity contribution in [1.29, 1.82) is 0 Å². The number of rotatable bonds is 9. The van der Waals surface area contributed by atoms with E-state index in [1.807, 2.05) is 24.3 Å². The molecule has 0 spiro atoms. The van der Waals surface area contributed by atoms with E-state index in [4.69, 9.17) is 21.1 Å². The van der Waals surface area contributed by atoms with Crippen LogP contribution in [0.25, 0.3) is 0 Å². The molecule has 0 amide bonds. The number of Topliss-reactive ketones (excluding diaryl/α,β-unsaturated/α-hetero) is 2. The molecule has 6 rings (SSSR count). The number of benzene rings is 3. The average Bonchev–Trinajstić information content (AvgIpc) is 3.02. The van der Waals surface area contributed by atoms with Crippen molar-refractivity contribution in [2.24, 2.45) is 10.8 Å². The Morgan fingerprint density at radius 2 is 1.46 bits per heavy atom. The number of halogens is 1. The molecule has 3 aliphatic rings. The van der Waals surface area contributed by atoms with E-state index < -0.39 is 10.8 Å². The third-order valence-corrected chi connectivity index (χ3v) is 9.86. The molecule has 2 aliphatic carbocycles. The summed E-state index contributed by atoms with van der Waals surface area (Å²) in [5.41, 5.74) is 5.29. The number of nitro benzene ring substituents is 1. The van der Waals surface area contributed by atoms with Gasteiger partial charge in [0.2, 0.25) is 0 Å². The van der Waals surface area contributed by atoms with Crippen LogP contribution in [-0.2, 0) is 22.6 Å². The molecule has 0 radical (unpaired) electrons. The van der Waals surface area contributed by atoms with Crippen LogP contribution in [0.2, 0.25) is 5.02 Å². The topological polar surface area (TPSA) is 99.0 Å². The fourth-order valence-electron chi connectivity index (χ4n) is 7.50. The highest BCUT2D eigenvalue weighted by atomic mass is 35.5. The Morgan fingerprint density at radius 3 is 2.04 bits per heavy atom. The van der Waals surface area contributed by atoms with E-state index in [1.165, 1.54) is 24.8 Å². The van der Waals surface area contributed by atoms with Gasteiger partial charge in [0, 0.05) is 60.0 Å². The number of hydrogen-bond donors (Lipinski definition) is 0. The molecule has 0 unspecified atom stereocenters. The monoisotopic (exact) mass is 668 g/mol. The molecule has 0 N–H and O–H groups in total. The predicted molar refractivity (Wildman–Crippen MR) is 185 cm³/mol. The van der Waals surface area contributed by atoms with Gasteiger partial charge >= 0.3 is 0 Å². The molecule has 0 saturated heterocycles. The van der Waals surface area contributed by atoms with Crippen LogP contribution in [0.15, 0.2) is 89.3 Å². The lowest BCUT2D eigenvalue weighted by Gasteiger charge is -2.49. The van der Waals surface area contributed by atoms with E-state index in [0.717, 1.165) is 17.8 Å². The van der Waals surface area contributed by atoms with Gasteiger partial charge < -0.3 is 14.4 Å². The third-order valence-electron chi connectivity index (χ3n) is 9.58. The highest BCUT2D eigenvalue weighted by molar-refractivity contribution is 6.32. The number of carbonyl (C=O) groups excluding carboxylic acids is 2. The van der Waals surface area contributed by atoms with Crippen LogP contribution < -0.4 is 9.47 Å². The summed E-state index contributed by atoms with van der Waals surface area (Å²) in [5.74, 6) is 0.131. The van der Waals surface area contributed by atoms with E-state index in [2.05, 4.69) is 44.7 Å². The Kier molecular flexibility index (Phi) is 8.98. The van der Waals surface area contributed by atoms with E-state index >= 15 is 0 Å². The lowest BCUT2D eigenvalue weighted by Crippen LogP contribution is -2.45. The molecule has 8 nitrogen and oxygen atoms in total. The van der Waals surface area contributed by atoms with Crippen LogP contribution in [0.1, 0.15) is 76.0 Å². The first kappa shape index (κ1) is 33.5. The van der Waals surface area contributed by atoms with Crippen LogP contribution in [0.3, 0.4) is 0 Å². The molecule has 1 aliphatic heterocycles.